The van der Waals surface area contributed by atoms with Crippen molar-refractivity contribution in [3.05, 3.63) is 29.8 Å². The SMILES string of the molecule is Cc1ccc(S(=O)(=O)N2CCCC(=O)C2)cc1. The summed E-state index contributed by atoms with van der Waals surface area (Å²) in [4.78, 5) is 11.6. The van der Waals surface area contributed by atoms with E-state index in [1.165, 1.54) is 4.31 Å². The highest BCUT2D eigenvalue weighted by Gasteiger charge is 2.28. The quantitative estimate of drug-likeness (QED) is 0.799. The van der Waals surface area contributed by atoms with E-state index in [0.717, 1.165) is 5.56 Å². The van der Waals surface area contributed by atoms with Gasteiger partial charge in [-0.25, -0.2) is 8.42 Å². The van der Waals surface area contributed by atoms with E-state index in [9.17, 15) is 13.2 Å². The molecule has 0 bridgehead atoms. The molecular formula is C12H15NO3S. The molecule has 0 saturated carbocycles. The lowest BCUT2D eigenvalue weighted by Gasteiger charge is -2.25. The molecule has 1 aliphatic heterocycles. The van der Waals surface area contributed by atoms with Crippen LogP contribution in [0.3, 0.4) is 0 Å². The number of hydrogen-bond donors (Lipinski definition) is 0. The third-order valence-corrected chi connectivity index (χ3v) is 4.73. The third kappa shape index (κ3) is 2.56. The Hall–Kier alpha value is -1.20. The molecule has 0 spiro atoms. The van der Waals surface area contributed by atoms with Gasteiger partial charge in [0.25, 0.3) is 0 Å². The number of carbonyl (C=O) groups excluding carboxylic acids is 1. The van der Waals surface area contributed by atoms with E-state index in [0.29, 0.717) is 19.4 Å². The molecule has 92 valence electrons. The molecule has 2 rings (SSSR count). The predicted molar refractivity (Wildman–Crippen MR) is 64.2 cm³/mol. The van der Waals surface area contributed by atoms with Gasteiger partial charge in [-0.2, -0.15) is 4.31 Å². The van der Waals surface area contributed by atoms with E-state index < -0.39 is 10.0 Å². The molecule has 0 atom stereocenters. The summed E-state index contributed by atoms with van der Waals surface area (Å²) in [6.45, 7) is 2.35. The number of ketones is 1. The molecular weight excluding hydrogens is 238 g/mol. The van der Waals surface area contributed by atoms with Crippen molar-refractivity contribution in [2.24, 2.45) is 0 Å². The number of carbonyl (C=O) groups is 1. The fraction of sp³-hybridized carbons (Fsp3) is 0.417. The molecule has 0 N–H and O–H groups in total. The van der Waals surface area contributed by atoms with Crippen LogP contribution in [0.5, 0.6) is 0 Å². The van der Waals surface area contributed by atoms with Crippen molar-refractivity contribution < 1.29 is 13.2 Å². The average molecular weight is 253 g/mol. The Labute approximate surface area is 101 Å². The van der Waals surface area contributed by atoms with Crippen LogP contribution < -0.4 is 0 Å². The average Bonchev–Trinajstić information content (AvgIpc) is 2.29. The van der Waals surface area contributed by atoms with Gasteiger partial charge in [0, 0.05) is 13.0 Å². The molecule has 0 unspecified atom stereocenters. The summed E-state index contributed by atoms with van der Waals surface area (Å²) in [7, 11) is -3.50. The van der Waals surface area contributed by atoms with Crippen LogP contribution in [0.25, 0.3) is 0 Å². The maximum Gasteiger partial charge on any atom is 0.243 e. The second-order valence-corrected chi connectivity index (χ2v) is 6.23. The summed E-state index contributed by atoms with van der Waals surface area (Å²) in [6, 6.07) is 6.70. The number of rotatable bonds is 2. The molecule has 0 aromatic heterocycles. The van der Waals surface area contributed by atoms with Gasteiger partial charge >= 0.3 is 0 Å². The largest absolute Gasteiger partial charge is 0.298 e. The minimum atomic E-state index is -3.50. The predicted octanol–water partition coefficient (Wildman–Crippen LogP) is 1.35. The van der Waals surface area contributed by atoms with Crippen molar-refractivity contribution in [3.63, 3.8) is 0 Å². The molecule has 0 radical (unpaired) electrons. The smallest absolute Gasteiger partial charge is 0.243 e. The van der Waals surface area contributed by atoms with Crippen LogP contribution in [0, 0.1) is 6.92 Å². The lowest BCUT2D eigenvalue weighted by molar-refractivity contribution is -0.120. The molecule has 4 nitrogen and oxygen atoms in total. The topological polar surface area (TPSA) is 54.5 Å². The van der Waals surface area contributed by atoms with E-state index >= 15 is 0 Å². The van der Waals surface area contributed by atoms with Gasteiger partial charge < -0.3 is 0 Å². The van der Waals surface area contributed by atoms with Crippen LogP contribution in [0.4, 0.5) is 0 Å². The molecule has 5 heteroatoms. The molecule has 1 aromatic carbocycles. The van der Waals surface area contributed by atoms with Gasteiger partial charge in [-0.1, -0.05) is 17.7 Å². The molecule has 1 saturated heterocycles. The number of piperidine rings is 1. The second kappa shape index (κ2) is 4.58. The second-order valence-electron chi connectivity index (χ2n) is 4.29. The van der Waals surface area contributed by atoms with Crippen LogP contribution in [0.2, 0.25) is 0 Å². The first kappa shape index (κ1) is 12.3. The van der Waals surface area contributed by atoms with Crippen molar-refractivity contribution in [2.45, 2.75) is 24.7 Å². The number of sulfonamides is 1. The zero-order valence-corrected chi connectivity index (χ0v) is 10.5. The molecule has 0 aliphatic carbocycles. The fourth-order valence-electron chi connectivity index (χ4n) is 1.87. The zero-order valence-electron chi connectivity index (χ0n) is 9.72. The maximum atomic E-state index is 12.2. The van der Waals surface area contributed by atoms with Gasteiger partial charge in [-0.15, -0.1) is 0 Å². The molecule has 1 fully saturated rings. The van der Waals surface area contributed by atoms with E-state index in [4.69, 9.17) is 0 Å². The molecule has 1 aromatic rings. The summed E-state index contributed by atoms with van der Waals surface area (Å²) < 4.78 is 25.7. The molecule has 17 heavy (non-hydrogen) atoms. The standard InChI is InChI=1S/C12H15NO3S/c1-10-4-6-12(7-5-10)17(15,16)13-8-2-3-11(14)9-13/h4-7H,2-3,8-9H2,1H3. The number of aryl methyl sites for hydroxylation is 1. The number of hydrogen-bond acceptors (Lipinski definition) is 3. The summed E-state index contributed by atoms with van der Waals surface area (Å²) in [5.74, 6) is -0.00747. The highest BCUT2D eigenvalue weighted by atomic mass is 32.2. The van der Waals surface area contributed by atoms with E-state index in [2.05, 4.69) is 0 Å². The Morgan fingerprint density at radius 3 is 2.41 bits per heavy atom. The lowest BCUT2D eigenvalue weighted by Crippen LogP contribution is -2.40. The third-order valence-electron chi connectivity index (χ3n) is 2.87. The van der Waals surface area contributed by atoms with E-state index in [1.807, 2.05) is 6.92 Å². The van der Waals surface area contributed by atoms with Crippen LogP contribution >= 0.6 is 0 Å². The van der Waals surface area contributed by atoms with Crippen LogP contribution in [0.15, 0.2) is 29.2 Å². The first-order chi connectivity index (χ1) is 8.00. The molecule has 1 aliphatic rings. The van der Waals surface area contributed by atoms with Gasteiger partial charge in [-0.05, 0) is 25.5 Å². The first-order valence-electron chi connectivity index (χ1n) is 5.59. The van der Waals surface area contributed by atoms with Gasteiger partial charge in [-0.3, -0.25) is 4.79 Å². The first-order valence-corrected chi connectivity index (χ1v) is 7.03. The Morgan fingerprint density at radius 2 is 1.82 bits per heavy atom. The van der Waals surface area contributed by atoms with Gasteiger partial charge in [0.1, 0.15) is 5.78 Å². The lowest BCUT2D eigenvalue weighted by atomic mass is 10.1. The summed E-state index contributed by atoms with van der Waals surface area (Å²) in [6.07, 6.45) is 1.10. The number of nitrogens with zero attached hydrogens (tertiary/aromatic N) is 1. The van der Waals surface area contributed by atoms with Crippen LogP contribution in [0.1, 0.15) is 18.4 Å². The normalized spacial score (nSPS) is 18.3. The Morgan fingerprint density at radius 1 is 1.18 bits per heavy atom. The van der Waals surface area contributed by atoms with Crippen LogP contribution in [-0.2, 0) is 14.8 Å². The Bertz CT molecular complexity index is 519. The summed E-state index contributed by atoms with van der Waals surface area (Å²) in [5.41, 5.74) is 1.01. The van der Waals surface area contributed by atoms with Gasteiger partial charge in [0.2, 0.25) is 10.0 Å². The molecule has 0 amide bonds. The fourth-order valence-corrected chi connectivity index (χ4v) is 3.33. The highest BCUT2D eigenvalue weighted by molar-refractivity contribution is 7.89. The zero-order chi connectivity index (χ0) is 12.5. The highest BCUT2D eigenvalue weighted by Crippen LogP contribution is 2.19. The Balaban J connectivity index is 2.29. The maximum absolute atomic E-state index is 12.2. The summed E-state index contributed by atoms with van der Waals surface area (Å²) in [5, 5.41) is 0. The van der Waals surface area contributed by atoms with Crippen molar-refractivity contribution in [3.8, 4) is 0 Å². The minimum Gasteiger partial charge on any atom is -0.298 e. The molecule has 1 heterocycles. The summed E-state index contributed by atoms with van der Waals surface area (Å²) >= 11 is 0. The van der Waals surface area contributed by atoms with Crippen molar-refractivity contribution >= 4 is 15.8 Å². The van der Waals surface area contributed by atoms with Crippen molar-refractivity contribution in [1.82, 2.24) is 4.31 Å². The Kier molecular flexibility index (Phi) is 3.31. The number of Topliss-reactive ketones (excluding diaryl/α,β-unsaturated/α-hetero) is 1. The minimum absolute atomic E-state index is 0.00747. The van der Waals surface area contributed by atoms with Crippen LogP contribution in [-0.4, -0.2) is 31.6 Å². The van der Waals surface area contributed by atoms with E-state index in [-0.39, 0.29) is 17.2 Å². The number of benzene rings is 1. The monoisotopic (exact) mass is 253 g/mol. The van der Waals surface area contributed by atoms with Gasteiger partial charge in [0.15, 0.2) is 0 Å². The van der Waals surface area contributed by atoms with Crippen molar-refractivity contribution in [2.75, 3.05) is 13.1 Å². The van der Waals surface area contributed by atoms with Gasteiger partial charge in [0.05, 0.1) is 11.4 Å². The van der Waals surface area contributed by atoms with E-state index in [1.54, 1.807) is 24.3 Å². The van der Waals surface area contributed by atoms with Crippen molar-refractivity contribution in [1.29, 1.82) is 0 Å².